The molecule has 2 rings (SSSR count). The van der Waals surface area contributed by atoms with E-state index in [2.05, 4.69) is 28.7 Å². The molecular weight excluding hydrogens is 252 g/mol. The van der Waals surface area contributed by atoms with Crippen LogP contribution in [-0.2, 0) is 11.3 Å². The third kappa shape index (κ3) is 3.20. The summed E-state index contributed by atoms with van der Waals surface area (Å²) in [5, 5.41) is 0. The van der Waals surface area contributed by atoms with E-state index in [4.69, 9.17) is 0 Å². The molecule has 1 amide bonds. The summed E-state index contributed by atoms with van der Waals surface area (Å²) in [7, 11) is 0. The summed E-state index contributed by atoms with van der Waals surface area (Å²) in [6, 6.07) is -0.0618. The highest BCUT2D eigenvalue weighted by Crippen LogP contribution is 2.16. The highest BCUT2D eigenvalue weighted by Gasteiger charge is 2.31. The van der Waals surface area contributed by atoms with Crippen LogP contribution < -0.4 is 0 Å². The van der Waals surface area contributed by atoms with Crippen LogP contribution in [0.2, 0.25) is 0 Å². The second kappa shape index (κ2) is 5.95. The molecule has 20 heavy (non-hydrogen) atoms. The van der Waals surface area contributed by atoms with Gasteiger partial charge in [0.2, 0.25) is 5.91 Å². The molecule has 0 radical (unpaired) electrons. The molecule has 2 heterocycles. The van der Waals surface area contributed by atoms with Gasteiger partial charge in [0.05, 0.1) is 18.3 Å². The SMILES string of the molecule is Cc1nc(CN2CCN(CC(C)C)C(=O)[C@H]2C)[nH]c1C. The topological polar surface area (TPSA) is 52.2 Å². The number of piperazine rings is 1. The molecule has 0 aromatic carbocycles. The average Bonchev–Trinajstić information content (AvgIpc) is 2.68. The van der Waals surface area contributed by atoms with Gasteiger partial charge in [0.1, 0.15) is 5.82 Å². The van der Waals surface area contributed by atoms with E-state index in [1.165, 1.54) is 0 Å². The van der Waals surface area contributed by atoms with Crippen LogP contribution >= 0.6 is 0 Å². The van der Waals surface area contributed by atoms with E-state index >= 15 is 0 Å². The number of hydrogen-bond donors (Lipinski definition) is 1. The van der Waals surface area contributed by atoms with E-state index in [0.29, 0.717) is 5.92 Å². The first-order chi connectivity index (χ1) is 9.38. The Balaban J connectivity index is 2.00. The van der Waals surface area contributed by atoms with Crippen molar-refractivity contribution < 1.29 is 4.79 Å². The van der Waals surface area contributed by atoms with Crippen LogP contribution in [-0.4, -0.2) is 51.4 Å². The number of carbonyl (C=O) groups is 1. The molecule has 0 saturated carbocycles. The monoisotopic (exact) mass is 278 g/mol. The number of imidazole rings is 1. The Hall–Kier alpha value is -1.36. The van der Waals surface area contributed by atoms with Crippen LogP contribution in [0.1, 0.15) is 38.0 Å². The number of H-pyrrole nitrogens is 1. The van der Waals surface area contributed by atoms with Gasteiger partial charge in [-0.2, -0.15) is 0 Å². The molecule has 5 heteroatoms. The van der Waals surface area contributed by atoms with E-state index in [9.17, 15) is 4.79 Å². The number of nitrogens with zero attached hydrogens (tertiary/aromatic N) is 3. The fourth-order valence-corrected chi connectivity index (χ4v) is 2.70. The summed E-state index contributed by atoms with van der Waals surface area (Å²) < 4.78 is 0. The van der Waals surface area contributed by atoms with Crippen molar-refractivity contribution in [1.29, 1.82) is 0 Å². The number of carbonyl (C=O) groups excluding carboxylic acids is 1. The standard InChI is InChI=1S/C15H26N4O/c1-10(2)8-19-7-6-18(13(5)15(19)20)9-14-16-11(3)12(4)17-14/h10,13H,6-9H2,1-5H3,(H,16,17)/t13-/m1/s1. The lowest BCUT2D eigenvalue weighted by Crippen LogP contribution is -2.56. The second-order valence-corrected chi connectivity index (χ2v) is 6.22. The highest BCUT2D eigenvalue weighted by atomic mass is 16.2. The number of amides is 1. The van der Waals surface area contributed by atoms with Crippen molar-refractivity contribution in [2.45, 2.75) is 47.2 Å². The molecule has 1 atom stereocenters. The van der Waals surface area contributed by atoms with Crippen molar-refractivity contribution >= 4 is 5.91 Å². The quantitative estimate of drug-likeness (QED) is 0.912. The van der Waals surface area contributed by atoms with Gasteiger partial charge in [-0.1, -0.05) is 13.8 Å². The van der Waals surface area contributed by atoms with Gasteiger partial charge in [-0.05, 0) is 26.7 Å². The van der Waals surface area contributed by atoms with Crippen LogP contribution in [0.5, 0.6) is 0 Å². The summed E-state index contributed by atoms with van der Waals surface area (Å²) in [5.41, 5.74) is 2.15. The zero-order valence-corrected chi connectivity index (χ0v) is 13.2. The van der Waals surface area contributed by atoms with Gasteiger partial charge in [-0.15, -0.1) is 0 Å². The van der Waals surface area contributed by atoms with Gasteiger partial charge in [0.15, 0.2) is 0 Å². The van der Waals surface area contributed by atoms with E-state index in [0.717, 1.165) is 43.4 Å². The molecule has 0 bridgehead atoms. The average molecular weight is 278 g/mol. The predicted molar refractivity (Wildman–Crippen MR) is 79.4 cm³/mol. The molecule has 1 aromatic heterocycles. The van der Waals surface area contributed by atoms with Crippen molar-refractivity contribution in [1.82, 2.24) is 19.8 Å². The third-order valence-electron chi connectivity index (χ3n) is 3.99. The minimum absolute atomic E-state index is 0.0618. The van der Waals surface area contributed by atoms with Gasteiger partial charge in [0.25, 0.3) is 0 Å². The third-order valence-corrected chi connectivity index (χ3v) is 3.99. The normalized spacial score (nSPS) is 21.0. The van der Waals surface area contributed by atoms with Gasteiger partial charge >= 0.3 is 0 Å². The first-order valence-corrected chi connectivity index (χ1v) is 7.43. The Kier molecular flexibility index (Phi) is 4.48. The van der Waals surface area contributed by atoms with E-state index in [-0.39, 0.29) is 11.9 Å². The lowest BCUT2D eigenvalue weighted by Gasteiger charge is -2.39. The lowest BCUT2D eigenvalue weighted by molar-refractivity contribution is -0.142. The first-order valence-electron chi connectivity index (χ1n) is 7.43. The molecule has 1 aliphatic rings. The van der Waals surface area contributed by atoms with Crippen LogP contribution in [0.25, 0.3) is 0 Å². The Bertz CT molecular complexity index is 461. The fraction of sp³-hybridized carbons (Fsp3) is 0.733. The minimum atomic E-state index is -0.0618. The summed E-state index contributed by atoms with van der Waals surface area (Å²) in [6.45, 7) is 13.6. The number of aromatic nitrogens is 2. The van der Waals surface area contributed by atoms with Crippen molar-refractivity contribution in [2.24, 2.45) is 5.92 Å². The van der Waals surface area contributed by atoms with Gasteiger partial charge < -0.3 is 9.88 Å². The molecule has 1 aromatic rings. The number of aromatic amines is 1. The first kappa shape index (κ1) is 15.0. The maximum atomic E-state index is 12.4. The van der Waals surface area contributed by atoms with Gasteiger partial charge in [-0.3, -0.25) is 9.69 Å². The minimum Gasteiger partial charge on any atom is -0.345 e. The van der Waals surface area contributed by atoms with Crippen LogP contribution in [0.3, 0.4) is 0 Å². The predicted octanol–water partition coefficient (Wildman–Crippen LogP) is 1.72. The second-order valence-electron chi connectivity index (χ2n) is 6.22. The fourth-order valence-electron chi connectivity index (χ4n) is 2.70. The summed E-state index contributed by atoms with van der Waals surface area (Å²) >= 11 is 0. The molecule has 1 N–H and O–H groups in total. The van der Waals surface area contributed by atoms with Crippen LogP contribution in [0.15, 0.2) is 0 Å². The molecule has 5 nitrogen and oxygen atoms in total. The molecule has 0 spiro atoms. The van der Waals surface area contributed by atoms with Gasteiger partial charge in [0, 0.05) is 25.3 Å². The van der Waals surface area contributed by atoms with E-state index in [1.807, 2.05) is 25.7 Å². The Labute approximate surface area is 121 Å². The Morgan fingerprint density at radius 2 is 2.05 bits per heavy atom. The summed E-state index contributed by atoms with van der Waals surface area (Å²) in [5.74, 6) is 1.72. The molecule has 112 valence electrons. The zero-order chi connectivity index (χ0) is 14.9. The number of hydrogen-bond acceptors (Lipinski definition) is 3. The van der Waals surface area contributed by atoms with Crippen molar-refractivity contribution in [3.8, 4) is 0 Å². The maximum Gasteiger partial charge on any atom is 0.239 e. The molecule has 1 saturated heterocycles. The Morgan fingerprint density at radius 3 is 2.60 bits per heavy atom. The summed E-state index contributed by atoms with van der Waals surface area (Å²) in [6.07, 6.45) is 0. The van der Waals surface area contributed by atoms with Crippen molar-refractivity contribution in [3.05, 3.63) is 17.2 Å². The molecular formula is C15H26N4O. The molecule has 1 aliphatic heterocycles. The zero-order valence-electron chi connectivity index (χ0n) is 13.2. The number of nitrogens with one attached hydrogen (secondary N) is 1. The van der Waals surface area contributed by atoms with Crippen LogP contribution in [0.4, 0.5) is 0 Å². The maximum absolute atomic E-state index is 12.4. The van der Waals surface area contributed by atoms with Crippen molar-refractivity contribution in [3.63, 3.8) is 0 Å². The number of aryl methyl sites for hydroxylation is 2. The smallest absolute Gasteiger partial charge is 0.239 e. The van der Waals surface area contributed by atoms with Crippen LogP contribution in [0, 0.1) is 19.8 Å². The van der Waals surface area contributed by atoms with E-state index in [1.54, 1.807) is 0 Å². The number of rotatable bonds is 4. The lowest BCUT2D eigenvalue weighted by atomic mass is 10.1. The largest absolute Gasteiger partial charge is 0.345 e. The molecule has 0 unspecified atom stereocenters. The Morgan fingerprint density at radius 1 is 1.35 bits per heavy atom. The van der Waals surface area contributed by atoms with E-state index < -0.39 is 0 Å². The van der Waals surface area contributed by atoms with Gasteiger partial charge in [-0.25, -0.2) is 4.98 Å². The van der Waals surface area contributed by atoms with Crippen molar-refractivity contribution in [2.75, 3.05) is 19.6 Å². The molecule has 1 fully saturated rings. The molecule has 0 aliphatic carbocycles. The highest BCUT2D eigenvalue weighted by molar-refractivity contribution is 5.82. The summed E-state index contributed by atoms with van der Waals surface area (Å²) in [4.78, 5) is 24.4.